The summed E-state index contributed by atoms with van der Waals surface area (Å²) in [5.41, 5.74) is 22.8. The van der Waals surface area contributed by atoms with Gasteiger partial charge in [0.25, 0.3) is 6.71 Å². The monoisotopic (exact) mass is 908 g/mol. The fraction of sp³-hybridized carbons (Fsp3) is 0.213. The Labute approximate surface area is 404 Å². The fourth-order valence-corrected chi connectivity index (χ4v) is 12.9. The van der Waals surface area contributed by atoms with Crippen molar-refractivity contribution in [2.24, 2.45) is 0 Å². The van der Waals surface area contributed by atoms with Crippen molar-refractivity contribution in [3.63, 3.8) is 0 Å². The molecule has 0 radical (unpaired) electrons. The van der Waals surface area contributed by atoms with Gasteiger partial charge in [-0.05, 0) is 153 Å². The van der Waals surface area contributed by atoms with Crippen molar-refractivity contribution in [3.8, 4) is 22.3 Å². The van der Waals surface area contributed by atoms with Crippen molar-refractivity contribution >= 4 is 106 Å². The Bertz CT molecular complexity index is 3550. The van der Waals surface area contributed by atoms with Crippen molar-refractivity contribution in [2.75, 3.05) is 16.8 Å². The third-order valence-corrected chi connectivity index (χ3v) is 16.1. The number of aryl methyl sites for hydroxylation is 4. The summed E-state index contributed by atoms with van der Waals surface area (Å²) in [5.74, 6) is 0. The smallest absolute Gasteiger partial charge is 0.294 e. The Morgan fingerprint density at radius 2 is 1.07 bits per heavy atom. The minimum absolute atomic E-state index is 0.0237. The zero-order valence-corrected chi connectivity index (χ0v) is 42.2. The maximum absolute atomic E-state index is 7.42. The van der Waals surface area contributed by atoms with Gasteiger partial charge in [-0.1, -0.05) is 126 Å². The van der Waals surface area contributed by atoms with Crippen LogP contribution in [0.2, 0.25) is 0 Å². The van der Waals surface area contributed by atoms with E-state index in [9.17, 15) is 0 Å². The molecule has 0 saturated heterocycles. The highest BCUT2D eigenvalue weighted by Crippen LogP contribution is 2.46. The maximum atomic E-state index is 7.42. The number of rotatable bonds is 6. The quantitative estimate of drug-likeness (QED) is 0.155. The number of para-hydroxylation sites is 1. The molecule has 0 fully saturated rings. The molecule has 7 aromatic carbocycles. The van der Waals surface area contributed by atoms with Gasteiger partial charge in [-0.3, -0.25) is 0 Å². The van der Waals surface area contributed by atoms with Crippen LogP contribution in [-0.2, 0) is 10.8 Å². The van der Waals surface area contributed by atoms with Gasteiger partial charge >= 0.3 is 0 Å². The molecular weight excluding hydrogens is 852 g/mol. The number of furan rings is 1. The Kier molecular flexibility index (Phi) is 10.3. The summed E-state index contributed by atoms with van der Waals surface area (Å²) >= 11 is 3.63. The van der Waals surface area contributed by atoms with Gasteiger partial charge in [0.05, 0.1) is 17.0 Å². The normalized spacial score (nSPS) is 12.9. The Morgan fingerprint density at radius 1 is 0.507 bits per heavy atom. The number of hydrogen-bond acceptors (Lipinski definition) is 5. The van der Waals surface area contributed by atoms with Gasteiger partial charge in [-0.15, -0.1) is 22.7 Å². The van der Waals surface area contributed by atoms with E-state index in [1.165, 1.54) is 109 Å². The Morgan fingerprint density at radius 3 is 1.70 bits per heavy atom. The first-order valence-corrected chi connectivity index (χ1v) is 25.3. The number of hydrogen-bond donors (Lipinski definition) is 0. The molecule has 0 unspecified atom stereocenters. The van der Waals surface area contributed by atoms with Gasteiger partial charge < -0.3 is 14.2 Å². The van der Waals surface area contributed by atoms with E-state index in [1.54, 1.807) is 0 Å². The summed E-state index contributed by atoms with van der Waals surface area (Å²) in [7, 11) is 2.25. The van der Waals surface area contributed by atoms with E-state index in [0.29, 0.717) is 0 Å². The summed E-state index contributed by atoms with van der Waals surface area (Å²) in [6.45, 7) is 22.7. The number of fused-ring (bicyclic) bond motifs is 5. The van der Waals surface area contributed by atoms with E-state index in [1.807, 2.05) is 22.7 Å². The standard InChI is InChI=1S/C61H57BN2OS2/c1-36-28-41(48-35-67-55-23-17-13-19-45(48)55)29-37(2)56(36)63(11)58-46-33-42(60(5,6)7)25-27-53(46)65-59(58)62-49-20-14-15-21-51(49)64(57-38(3)30-43(31-39(57)4)61(8,9)10)52-32-40(24-26-50(52)62)47-34-66-54-22-16-12-18-44(47)54/h12-35H,1-11H3. The molecule has 0 saturated carbocycles. The van der Waals surface area contributed by atoms with Gasteiger partial charge in [0.15, 0.2) is 0 Å². The van der Waals surface area contributed by atoms with E-state index in [-0.39, 0.29) is 17.5 Å². The molecular formula is C61H57BN2OS2. The molecule has 4 heterocycles. The summed E-state index contributed by atoms with van der Waals surface area (Å²) in [4.78, 5) is 5.00. The van der Waals surface area contributed by atoms with Gasteiger partial charge in [0, 0.05) is 60.8 Å². The second kappa shape index (κ2) is 15.9. The minimum Gasteiger partial charge on any atom is -0.468 e. The van der Waals surface area contributed by atoms with Crippen LogP contribution >= 0.6 is 22.7 Å². The largest absolute Gasteiger partial charge is 0.468 e. The molecule has 0 spiro atoms. The van der Waals surface area contributed by atoms with Gasteiger partial charge in [-0.25, -0.2) is 0 Å². The van der Waals surface area contributed by atoms with Crippen LogP contribution in [-0.4, -0.2) is 13.8 Å². The topological polar surface area (TPSA) is 19.6 Å². The van der Waals surface area contributed by atoms with E-state index in [2.05, 4.69) is 230 Å². The zero-order chi connectivity index (χ0) is 46.7. The van der Waals surface area contributed by atoms with Crippen LogP contribution in [0.4, 0.5) is 28.4 Å². The predicted octanol–water partition coefficient (Wildman–Crippen LogP) is 16.1. The van der Waals surface area contributed by atoms with Crippen molar-refractivity contribution in [1.82, 2.24) is 0 Å². The third-order valence-electron chi connectivity index (χ3n) is 14.2. The molecule has 11 rings (SSSR count). The summed E-state index contributed by atoms with van der Waals surface area (Å²) in [6, 6.07) is 50.2. The molecule has 1 aliphatic heterocycles. The molecule has 3 aromatic heterocycles. The van der Waals surface area contributed by atoms with E-state index < -0.39 is 0 Å². The SMILES string of the molecule is Cc1cc(-c2csc3ccccc23)cc(C)c1N(C)c1c(B2c3ccccc3N(c3c(C)cc(C(C)(C)C)cc3C)c3cc(-c4csc5ccccc45)ccc32)oc2ccc(C(C)(C)C)cc12. The van der Waals surface area contributed by atoms with Gasteiger partial charge in [0.2, 0.25) is 0 Å². The molecule has 0 atom stereocenters. The molecule has 0 aliphatic carbocycles. The van der Waals surface area contributed by atoms with Crippen LogP contribution in [0, 0.1) is 27.7 Å². The average molecular weight is 909 g/mol. The minimum atomic E-state index is -0.204. The van der Waals surface area contributed by atoms with E-state index in [0.717, 1.165) is 22.3 Å². The summed E-state index contributed by atoms with van der Waals surface area (Å²) in [5, 5.41) is 8.36. The fourth-order valence-electron chi connectivity index (χ4n) is 10.9. The molecule has 332 valence electrons. The summed E-state index contributed by atoms with van der Waals surface area (Å²) < 4.78 is 10.0. The zero-order valence-electron chi connectivity index (χ0n) is 40.6. The molecule has 3 nitrogen and oxygen atoms in total. The number of nitrogens with zero attached hydrogens (tertiary/aromatic N) is 2. The molecule has 0 amide bonds. The molecule has 67 heavy (non-hydrogen) atoms. The number of anilines is 5. The van der Waals surface area contributed by atoms with Crippen molar-refractivity contribution < 1.29 is 4.42 Å². The second-order valence-electron chi connectivity index (χ2n) is 20.9. The number of thiophene rings is 2. The van der Waals surface area contributed by atoms with Gasteiger partial charge in [-0.2, -0.15) is 0 Å². The van der Waals surface area contributed by atoms with Crippen LogP contribution in [0.1, 0.15) is 74.9 Å². The second-order valence-corrected chi connectivity index (χ2v) is 22.7. The molecule has 6 heteroatoms. The van der Waals surface area contributed by atoms with Crippen LogP contribution in [0.5, 0.6) is 0 Å². The highest BCUT2D eigenvalue weighted by molar-refractivity contribution is 7.18. The first-order valence-electron chi connectivity index (χ1n) is 23.6. The van der Waals surface area contributed by atoms with Crippen molar-refractivity contribution in [2.45, 2.75) is 80.1 Å². The molecule has 10 aromatic rings. The van der Waals surface area contributed by atoms with Crippen LogP contribution < -0.4 is 26.4 Å². The lowest BCUT2D eigenvalue weighted by Crippen LogP contribution is -2.57. The lowest BCUT2D eigenvalue weighted by Gasteiger charge is -2.39. The maximum Gasteiger partial charge on any atom is 0.294 e. The number of benzene rings is 7. The highest BCUT2D eigenvalue weighted by atomic mass is 32.1. The van der Waals surface area contributed by atoms with Crippen LogP contribution in [0.25, 0.3) is 53.4 Å². The van der Waals surface area contributed by atoms with Crippen molar-refractivity contribution in [3.05, 3.63) is 178 Å². The summed E-state index contributed by atoms with van der Waals surface area (Å²) in [6.07, 6.45) is 0. The molecule has 0 N–H and O–H groups in total. The highest BCUT2D eigenvalue weighted by Gasteiger charge is 2.41. The van der Waals surface area contributed by atoms with Crippen LogP contribution in [0.15, 0.2) is 149 Å². The Balaban J connectivity index is 1.17. The molecule has 1 aliphatic rings. The molecule has 0 bridgehead atoms. The van der Waals surface area contributed by atoms with Crippen LogP contribution in [0.3, 0.4) is 0 Å². The predicted molar refractivity (Wildman–Crippen MR) is 294 cm³/mol. The third kappa shape index (κ3) is 7.14. The average Bonchev–Trinajstić information content (AvgIpc) is 4.03. The lowest BCUT2D eigenvalue weighted by molar-refractivity contribution is 0.589. The lowest BCUT2D eigenvalue weighted by atomic mass is 9.36. The first-order chi connectivity index (χ1) is 32.1. The van der Waals surface area contributed by atoms with E-state index >= 15 is 0 Å². The first kappa shape index (κ1) is 43.2. The van der Waals surface area contributed by atoms with Crippen molar-refractivity contribution in [1.29, 1.82) is 0 Å². The Hall–Kier alpha value is -6.34. The van der Waals surface area contributed by atoms with Gasteiger partial charge in [0.1, 0.15) is 5.58 Å². The van der Waals surface area contributed by atoms with E-state index in [4.69, 9.17) is 4.42 Å².